The summed E-state index contributed by atoms with van der Waals surface area (Å²) in [5.74, 6) is 0.979. The molecule has 0 aliphatic carbocycles. The lowest BCUT2D eigenvalue weighted by atomic mass is 10.0. The van der Waals surface area contributed by atoms with Crippen LogP contribution in [0.5, 0.6) is 5.75 Å². The molecule has 3 aromatic rings. The SMILES string of the molecule is COc1cccc(C2CN(C(=O)Cc3c[nH]c4ccc(Cl)cc34)CCN2C)c1. The minimum Gasteiger partial charge on any atom is -0.497 e. The van der Waals surface area contributed by atoms with Gasteiger partial charge in [-0.15, -0.1) is 0 Å². The Morgan fingerprint density at radius 2 is 2.11 bits per heavy atom. The number of carbonyl (C=O) groups excluding carboxylic acids is 1. The predicted octanol–water partition coefficient (Wildman–Crippen LogP) is 3.89. The van der Waals surface area contributed by atoms with E-state index in [1.165, 1.54) is 5.56 Å². The first-order valence-corrected chi connectivity index (χ1v) is 9.80. The van der Waals surface area contributed by atoms with Crippen molar-refractivity contribution in [3.05, 3.63) is 64.8 Å². The smallest absolute Gasteiger partial charge is 0.227 e. The highest BCUT2D eigenvalue weighted by Crippen LogP contribution is 2.28. The average molecular weight is 398 g/mol. The van der Waals surface area contributed by atoms with Gasteiger partial charge in [0.1, 0.15) is 5.75 Å². The molecule has 1 fully saturated rings. The topological polar surface area (TPSA) is 48.6 Å². The lowest BCUT2D eigenvalue weighted by molar-refractivity contribution is -0.133. The van der Waals surface area contributed by atoms with E-state index in [1.807, 2.05) is 41.4 Å². The van der Waals surface area contributed by atoms with Crippen molar-refractivity contribution in [2.75, 3.05) is 33.8 Å². The standard InChI is InChI=1S/C22H24ClN3O2/c1-25-8-9-26(14-21(25)15-4-3-5-18(10-15)28-2)22(27)11-16-13-24-20-7-6-17(23)12-19(16)20/h3-7,10,12-13,21,24H,8-9,11,14H2,1-2H3. The van der Waals surface area contributed by atoms with Crippen molar-refractivity contribution in [1.82, 2.24) is 14.8 Å². The van der Waals surface area contributed by atoms with E-state index in [9.17, 15) is 4.79 Å². The minimum absolute atomic E-state index is 0.141. The van der Waals surface area contributed by atoms with Gasteiger partial charge in [0.25, 0.3) is 0 Å². The molecule has 146 valence electrons. The maximum absolute atomic E-state index is 13.0. The number of halogens is 1. The van der Waals surface area contributed by atoms with Gasteiger partial charge in [0.05, 0.1) is 19.6 Å². The number of hydrogen-bond donors (Lipinski definition) is 1. The number of nitrogens with one attached hydrogen (secondary N) is 1. The van der Waals surface area contributed by atoms with Gasteiger partial charge in [-0.25, -0.2) is 0 Å². The van der Waals surface area contributed by atoms with Crippen molar-refractivity contribution in [3.8, 4) is 5.75 Å². The van der Waals surface area contributed by atoms with E-state index >= 15 is 0 Å². The number of carbonyl (C=O) groups is 1. The Kier molecular flexibility index (Phi) is 5.29. The van der Waals surface area contributed by atoms with Crippen LogP contribution in [0.4, 0.5) is 0 Å². The van der Waals surface area contributed by atoms with E-state index in [4.69, 9.17) is 16.3 Å². The third kappa shape index (κ3) is 3.73. The van der Waals surface area contributed by atoms with Gasteiger partial charge < -0.3 is 14.6 Å². The highest BCUT2D eigenvalue weighted by molar-refractivity contribution is 6.31. The number of nitrogens with zero attached hydrogens (tertiary/aromatic N) is 2. The first kappa shape index (κ1) is 18.8. The maximum atomic E-state index is 13.0. The zero-order chi connectivity index (χ0) is 19.7. The Morgan fingerprint density at radius 1 is 1.25 bits per heavy atom. The molecular formula is C22H24ClN3O2. The Morgan fingerprint density at radius 3 is 2.93 bits per heavy atom. The summed E-state index contributed by atoms with van der Waals surface area (Å²) in [6, 6.07) is 14.0. The number of aromatic amines is 1. The van der Waals surface area contributed by atoms with Crippen LogP contribution < -0.4 is 4.74 Å². The number of piperazine rings is 1. The van der Waals surface area contributed by atoms with Gasteiger partial charge >= 0.3 is 0 Å². The molecule has 0 radical (unpaired) electrons. The second-order valence-corrected chi connectivity index (χ2v) is 7.73. The Labute approximate surface area is 169 Å². The molecule has 0 bridgehead atoms. The summed E-state index contributed by atoms with van der Waals surface area (Å²) in [5, 5.41) is 1.69. The van der Waals surface area contributed by atoms with Gasteiger partial charge in [-0.2, -0.15) is 0 Å². The second-order valence-electron chi connectivity index (χ2n) is 7.29. The molecule has 5 nitrogen and oxygen atoms in total. The van der Waals surface area contributed by atoms with Crippen LogP contribution in [0.25, 0.3) is 10.9 Å². The molecule has 0 spiro atoms. The van der Waals surface area contributed by atoms with Crippen LogP contribution in [0.15, 0.2) is 48.7 Å². The fourth-order valence-corrected chi connectivity index (χ4v) is 4.05. The van der Waals surface area contributed by atoms with Crippen LogP contribution in [-0.4, -0.2) is 54.5 Å². The van der Waals surface area contributed by atoms with Crippen molar-refractivity contribution in [1.29, 1.82) is 0 Å². The highest BCUT2D eigenvalue weighted by atomic mass is 35.5. The molecule has 1 aliphatic heterocycles. The molecule has 28 heavy (non-hydrogen) atoms. The van der Waals surface area contributed by atoms with Crippen molar-refractivity contribution < 1.29 is 9.53 Å². The quantitative estimate of drug-likeness (QED) is 0.726. The number of ether oxygens (including phenoxy) is 1. The maximum Gasteiger partial charge on any atom is 0.227 e. The number of amides is 1. The number of rotatable bonds is 4. The fraction of sp³-hybridized carbons (Fsp3) is 0.318. The number of benzene rings is 2. The van der Waals surface area contributed by atoms with Crippen molar-refractivity contribution in [2.24, 2.45) is 0 Å². The van der Waals surface area contributed by atoms with Crippen molar-refractivity contribution in [3.63, 3.8) is 0 Å². The van der Waals surface area contributed by atoms with Crippen molar-refractivity contribution >= 4 is 28.4 Å². The highest BCUT2D eigenvalue weighted by Gasteiger charge is 2.29. The Bertz CT molecular complexity index is 1000. The monoisotopic (exact) mass is 397 g/mol. The molecular weight excluding hydrogens is 374 g/mol. The third-order valence-corrected chi connectivity index (χ3v) is 5.79. The van der Waals surface area contributed by atoms with Crippen LogP contribution in [0.1, 0.15) is 17.2 Å². The molecule has 1 saturated heterocycles. The van der Waals surface area contributed by atoms with Gasteiger partial charge in [0, 0.05) is 41.8 Å². The normalized spacial score (nSPS) is 17.8. The van der Waals surface area contributed by atoms with Gasteiger partial charge in [0.2, 0.25) is 5.91 Å². The third-order valence-electron chi connectivity index (χ3n) is 5.55. The number of fused-ring (bicyclic) bond motifs is 1. The van der Waals surface area contributed by atoms with Crippen LogP contribution in [0.3, 0.4) is 0 Å². The Hall–Kier alpha value is -2.50. The molecule has 1 N–H and O–H groups in total. The van der Waals surface area contributed by atoms with Gasteiger partial charge in [0.15, 0.2) is 0 Å². The summed E-state index contributed by atoms with van der Waals surface area (Å²) >= 11 is 6.14. The van der Waals surface area contributed by atoms with Gasteiger partial charge in [-0.3, -0.25) is 9.69 Å². The van der Waals surface area contributed by atoms with E-state index in [0.29, 0.717) is 18.0 Å². The predicted molar refractivity (Wildman–Crippen MR) is 112 cm³/mol. The molecule has 1 unspecified atom stereocenters. The summed E-state index contributed by atoms with van der Waals surface area (Å²) in [4.78, 5) is 20.5. The zero-order valence-electron chi connectivity index (χ0n) is 16.1. The molecule has 1 aliphatic rings. The number of methoxy groups -OCH3 is 1. The lowest BCUT2D eigenvalue weighted by Crippen LogP contribution is -2.49. The summed E-state index contributed by atoms with van der Waals surface area (Å²) in [7, 11) is 3.78. The van der Waals surface area contributed by atoms with Gasteiger partial charge in [-0.1, -0.05) is 23.7 Å². The molecule has 1 amide bonds. The van der Waals surface area contributed by atoms with E-state index in [2.05, 4.69) is 29.1 Å². The number of hydrogen-bond acceptors (Lipinski definition) is 3. The molecule has 1 atom stereocenters. The van der Waals surface area contributed by atoms with Crippen LogP contribution >= 0.6 is 11.6 Å². The molecule has 4 rings (SSSR count). The van der Waals surface area contributed by atoms with Crippen LogP contribution in [0, 0.1) is 0 Å². The van der Waals surface area contributed by atoms with E-state index in [1.54, 1.807) is 7.11 Å². The lowest BCUT2D eigenvalue weighted by Gasteiger charge is -2.39. The number of H-pyrrole nitrogens is 1. The van der Waals surface area contributed by atoms with E-state index < -0.39 is 0 Å². The van der Waals surface area contributed by atoms with Crippen LogP contribution in [0.2, 0.25) is 5.02 Å². The Balaban J connectivity index is 1.52. The summed E-state index contributed by atoms with van der Waals surface area (Å²) < 4.78 is 5.36. The molecule has 6 heteroatoms. The first-order chi connectivity index (χ1) is 13.5. The second kappa shape index (κ2) is 7.86. The number of likely N-dealkylation sites (N-methyl/N-ethyl adjacent to an activating group) is 1. The molecule has 0 saturated carbocycles. The molecule has 1 aromatic heterocycles. The van der Waals surface area contributed by atoms with E-state index in [0.717, 1.165) is 35.3 Å². The summed E-state index contributed by atoms with van der Waals surface area (Å²) in [6.45, 7) is 2.25. The fourth-order valence-electron chi connectivity index (χ4n) is 3.88. The molecule has 2 heterocycles. The average Bonchev–Trinajstić information content (AvgIpc) is 3.10. The van der Waals surface area contributed by atoms with Crippen LogP contribution in [-0.2, 0) is 11.2 Å². The first-order valence-electron chi connectivity index (χ1n) is 9.42. The molecule has 2 aromatic carbocycles. The largest absolute Gasteiger partial charge is 0.497 e. The zero-order valence-corrected chi connectivity index (χ0v) is 16.9. The van der Waals surface area contributed by atoms with Crippen molar-refractivity contribution in [2.45, 2.75) is 12.5 Å². The minimum atomic E-state index is 0.141. The summed E-state index contributed by atoms with van der Waals surface area (Å²) in [6.07, 6.45) is 2.28. The summed E-state index contributed by atoms with van der Waals surface area (Å²) in [5.41, 5.74) is 3.15. The number of aromatic nitrogens is 1. The van der Waals surface area contributed by atoms with Gasteiger partial charge in [-0.05, 0) is 48.5 Å². The van der Waals surface area contributed by atoms with E-state index in [-0.39, 0.29) is 11.9 Å².